The maximum Gasteiger partial charge on any atom is 0.255 e. The van der Waals surface area contributed by atoms with Crippen LogP contribution in [0.4, 0.5) is 5.69 Å². The molecule has 0 aromatic heterocycles. The van der Waals surface area contributed by atoms with Gasteiger partial charge in [0.1, 0.15) is 28.6 Å². The van der Waals surface area contributed by atoms with Gasteiger partial charge in [0.15, 0.2) is 11.4 Å². The summed E-state index contributed by atoms with van der Waals surface area (Å²) < 4.78 is 5.41. The van der Waals surface area contributed by atoms with Crippen molar-refractivity contribution in [2.24, 2.45) is 17.6 Å². The second-order valence-corrected chi connectivity index (χ2v) is 12.0. The van der Waals surface area contributed by atoms with Gasteiger partial charge in [0, 0.05) is 55.5 Å². The van der Waals surface area contributed by atoms with E-state index in [1.165, 1.54) is 4.90 Å². The normalized spacial score (nSPS) is 24.7. The third kappa shape index (κ3) is 4.61. The topological polar surface area (TPSA) is 186 Å². The number of aromatic hydroxyl groups is 1. The largest absolute Gasteiger partial charge is 0.510 e. The molecule has 0 heterocycles. The molecule has 1 amide bonds. The lowest BCUT2D eigenvalue weighted by molar-refractivity contribution is -0.148. The van der Waals surface area contributed by atoms with Crippen molar-refractivity contribution in [3.63, 3.8) is 0 Å². The molecule has 5 rings (SSSR count). The van der Waals surface area contributed by atoms with Gasteiger partial charge in [-0.1, -0.05) is 18.2 Å². The number of rotatable bonds is 8. The number of nitrogens with one attached hydrogen (secondary N) is 1. The highest BCUT2D eigenvalue weighted by Gasteiger charge is 2.63. The Kier molecular flexibility index (Phi) is 7.95. The van der Waals surface area contributed by atoms with Gasteiger partial charge in [0.2, 0.25) is 5.78 Å². The number of methoxy groups -OCH3 is 1. The van der Waals surface area contributed by atoms with Crippen LogP contribution in [-0.2, 0) is 29.1 Å². The summed E-state index contributed by atoms with van der Waals surface area (Å²) in [7, 11) is 8.42. The monoisotopic (exact) mass is 606 g/mol. The van der Waals surface area contributed by atoms with Crippen LogP contribution in [0, 0.1) is 11.8 Å². The summed E-state index contributed by atoms with van der Waals surface area (Å²) >= 11 is 0. The minimum atomic E-state index is -2.68. The number of phenols is 1. The summed E-state index contributed by atoms with van der Waals surface area (Å²) in [6.07, 6.45) is 0.242. The standard InChI is InChI=1S/C32H38N4O8/c1-35(2)20-12-17(14-34-13-15-8-6-7-9-21(15)44-5)26(37)23-18(20)10-16-11-19-25(36(3)4)28(39)24(31(33)42)30(41)32(19,43)29(40)22(16)27(23)38/h6-9,12,16,19,25,34,37,39-40,43H,10-11,13-14H2,1-5H3,(H2,33,42)/t16-,19-,25?,32-/m0/s1. The Morgan fingerprint density at radius 2 is 1.75 bits per heavy atom. The number of carbonyl (C=O) groups is 3. The van der Waals surface area contributed by atoms with E-state index in [1.54, 1.807) is 21.2 Å². The first kappa shape index (κ1) is 31.0. The first-order valence-corrected chi connectivity index (χ1v) is 14.3. The second-order valence-electron chi connectivity index (χ2n) is 12.0. The molecule has 0 saturated heterocycles. The number of anilines is 1. The molecule has 2 aromatic rings. The second kappa shape index (κ2) is 11.3. The van der Waals surface area contributed by atoms with Crippen molar-refractivity contribution in [1.29, 1.82) is 0 Å². The van der Waals surface area contributed by atoms with Gasteiger partial charge >= 0.3 is 0 Å². The number of aliphatic hydroxyl groups excluding tert-OH is 2. The summed E-state index contributed by atoms with van der Waals surface area (Å²) in [6.45, 7) is 0.618. The van der Waals surface area contributed by atoms with E-state index < -0.39 is 58.0 Å². The number of ether oxygens (including phenoxy) is 1. The van der Waals surface area contributed by atoms with E-state index >= 15 is 0 Å². The van der Waals surface area contributed by atoms with Crippen molar-refractivity contribution in [3.8, 4) is 11.5 Å². The van der Waals surface area contributed by atoms with Crippen LogP contribution in [0.1, 0.15) is 33.5 Å². The Balaban J connectivity index is 1.59. The molecule has 234 valence electrons. The number of allylic oxidation sites excluding steroid dienone is 1. The molecular formula is C32H38N4O8. The SMILES string of the molecule is COc1ccccc1CNCc1cc(N(C)C)c2c(c1O)C(=O)C1=C(O)[C@]3(O)C(=O)C(C(N)=O)=C(O)C(N(C)C)[C@@H]3C[C@@H]1C2. The first-order chi connectivity index (χ1) is 20.7. The number of nitrogens with two attached hydrogens (primary N) is 1. The minimum absolute atomic E-state index is 0.0222. The molecule has 3 aliphatic carbocycles. The molecule has 7 N–H and O–H groups in total. The summed E-state index contributed by atoms with van der Waals surface area (Å²) in [5.41, 5.74) is 4.29. The number of Topliss-reactive ketones (excluding diaryl/α,β-unsaturated/α-hetero) is 2. The lowest BCUT2D eigenvalue weighted by Gasteiger charge is -2.50. The van der Waals surface area contributed by atoms with Gasteiger partial charge in [-0.15, -0.1) is 0 Å². The fourth-order valence-electron chi connectivity index (χ4n) is 7.07. The number of benzene rings is 2. The maximum atomic E-state index is 14.2. The summed E-state index contributed by atoms with van der Waals surface area (Å²) in [5, 5.41) is 49.1. The predicted molar refractivity (Wildman–Crippen MR) is 162 cm³/mol. The van der Waals surface area contributed by atoms with Crippen LogP contribution in [0.25, 0.3) is 0 Å². The lowest BCUT2D eigenvalue weighted by Crippen LogP contribution is -2.63. The zero-order valence-corrected chi connectivity index (χ0v) is 25.3. The van der Waals surface area contributed by atoms with Gasteiger partial charge in [-0.05, 0) is 50.6 Å². The zero-order valence-electron chi connectivity index (χ0n) is 25.3. The molecule has 2 aromatic carbocycles. The van der Waals surface area contributed by atoms with Gasteiger partial charge < -0.3 is 41.1 Å². The number of fused-ring (bicyclic) bond motifs is 3. The summed E-state index contributed by atoms with van der Waals surface area (Å²) in [6, 6.07) is 8.28. The molecule has 1 unspecified atom stereocenters. The highest BCUT2D eigenvalue weighted by Crippen LogP contribution is 2.53. The van der Waals surface area contributed by atoms with Crippen LogP contribution in [-0.4, -0.2) is 89.7 Å². The van der Waals surface area contributed by atoms with Crippen LogP contribution >= 0.6 is 0 Å². The van der Waals surface area contributed by atoms with Crippen LogP contribution in [0.15, 0.2) is 53.0 Å². The number of hydrogen-bond acceptors (Lipinski definition) is 11. The van der Waals surface area contributed by atoms with Gasteiger partial charge in [0.05, 0.1) is 18.7 Å². The Morgan fingerprint density at radius 1 is 1.09 bits per heavy atom. The van der Waals surface area contributed by atoms with E-state index in [0.717, 1.165) is 5.56 Å². The predicted octanol–water partition coefficient (Wildman–Crippen LogP) is 1.49. The molecule has 0 bridgehead atoms. The Bertz CT molecular complexity index is 1630. The number of likely N-dealkylation sites (N-methyl/N-ethyl adjacent to an activating group) is 1. The van der Waals surface area contributed by atoms with Gasteiger partial charge in [-0.2, -0.15) is 0 Å². The van der Waals surface area contributed by atoms with Crippen LogP contribution < -0.4 is 20.7 Å². The molecule has 0 aliphatic heterocycles. The van der Waals surface area contributed by atoms with Gasteiger partial charge in [0.25, 0.3) is 5.91 Å². The van der Waals surface area contributed by atoms with E-state index in [9.17, 15) is 34.8 Å². The number of phenolic OH excluding ortho intramolecular Hbond substituents is 1. The third-order valence-electron chi connectivity index (χ3n) is 9.08. The fraction of sp³-hybridized carbons (Fsp3) is 0.406. The number of para-hydroxylation sites is 1. The third-order valence-corrected chi connectivity index (χ3v) is 9.08. The fourth-order valence-corrected chi connectivity index (χ4v) is 7.07. The molecule has 12 nitrogen and oxygen atoms in total. The summed E-state index contributed by atoms with van der Waals surface area (Å²) in [4.78, 5) is 43.3. The van der Waals surface area contributed by atoms with E-state index in [2.05, 4.69) is 5.32 Å². The number of nitrogens with zero attached hydrogens (tertiary/aromatic N) is 2. The molecule has 0 saturated carbocycles. The number of amides is 1. The molecule has 0 fully saturated rings. The van der Waals surface area contributed by atoms with Gasteiger partial charge in [-0.25, -0.2) is 0 Å². The molecule has 0 radical (unpaired) electrons. The number of carbonyl (C=O) groups excluding carboxylic acids is 3. The van der Waals surface area contributed by atoms with Crippen molar-refractivity contribution in [2.45, 2.75) is 37.6 Å². The number of hydrogen-bond donors (Lipinski definition) is 6. The zero-order chi connectivity index (χ0) is 32.2. The molecule has 0 spiro atoms. The minimum Gasteiger partial charge on any atom is -0.510 e. The smallest absolute Gasteiger partial charge is 0.255 e. The van der Waals surface area contributed by atoms with E-state index in [4.69, 9.17) is 10.5 Å². The first-order valence-electron chi connectivity index (χ1n) is 14.3. The number of primary amides is 1. The molecule has 12 heteroatoms. The van der Waals surface area contributed by atoms with Crippen molar-refractivity contribution in [2.75, 3.05) is 40.2 Å². The van der Waals surface area contributed by atoms with Crippen LogP contribution in [0.3, 0.4) is 0 Å². The van der Waals surface area contributed by atoms with Crippen LogP contribution in [0.2, 0.25) is 0 Å². The van der Waals surface area contributed by atoms with Crippen LogP contribution in [0.5, 0.6) is 11.5 Å². The Morgan fingerprint density at radius 3 is 2.36 bits per heavy atom. The number of aliphatic hydroxyl groups is 3. The lowest BCUT2D eigenvalue weighted by atomic mass is 9.58. The van der Waals surface area contributed by atoms with E-state index in [0.29, 0.717) is 29.1 Å². The Labute approximate surface area is 255 Å². The average Bonchev–Trinajstić information content (AvgIpc) is 2.95. The maximum absolute atomic E-state index is 14.2. The van der Waals surface area contributed by atoms with Gasteiger partial charge in [-0.3, -0.25) is 19.3 Å². The highest BCUT2D eigenvalue weighted by molar-refractivity contribution is 6.25. The van der Waals surface area contributed by atoms with E-state index in [1.807, 2.05) is 49.3 Å². The summed E-state index contributed by atoms with van der Waals surface area (Å²) in [5.74, 6) is -6.02. The molecule has 4 atom stereocenters. The average molecular weight is 607 g/mol. The van der Waals surface area contributed by atoms with Crippen molar-refractivity contribution in [1.82, 2.24) is 10.2 Å². The quantitative estimate of drug-likeness (QED) is 0.239. The number of ketones is 2. The van der Waals surface area contributed by atoms with Crippen molar-refractivity contribution < 1.29 is 39.5 Å². The molecule has 44 heavy (non-hydrogen) atoms. The van der Waals surface area contributed by atoms with Crippen molar-refractivity contribution >= 4 is 23.2 Å². The molecular weight excluding hydrogens is 568 g/mol. The van der Waals surface area contributed by atoms with Crippen molar-refractivity contribution in [3.05, 3.63) is 75.3 Å². The Hall–Kier alpha value is -4.39. The van der Waals surface area contributed by atoms with E-state index in [-0.39, 0.29) is 36.3 Å². The highest BCUT2D eigenvalue weighted by atomic mass is 16.5. The molecule has 3 aliphatic rings.